The predicted molar refractivity (Wildman–Crippen MR) is 103 cm³/mol. The molecular weight excluding hydrogens is 352 g/mol. The van der Waals surface area contributed by atoms with Crippen molar-refractivity contribution in [3.63, 3.8) is 0 Å². The fourth-order valence-electron chi connectivity index (χ4n) is 4.20. The Morgan fingerprint density at radius 1 is 1.08 bits per heavy atom. The van der Waals surface area contributed by atoms with E-state index >= 15 is 0 Å². The second kappa shape index (κ2) is 10.5. The predicted octanol–water partition coefficient (Wildman–Crippen LogP) is 3.21. The van der Waals surface area contributed by atoms with Crippen molar-refractivity contribution in [2.75, 3.05) is 41.2 Å². The third-order valence-electron chi connectivity index (χ3n) is 5.84. The molecule has 26 heavy (non-hydrogen) atoms. The Bertz CT molecular complexity index is 401. The van der Waals surface area contributed by atoms with Crippen LogP contribution in [-0.4, -0.2) is 73.2 Å². The van der Waals surface area contributed by atoms with Gasteiger partial charge in [-0.25, -0.2) is 0 Å². The minimum Gasteiger partial charge on any atom is -0.396 e. The standard InChI is InChI=1S/C19H38O6Si/c1-16(13-17(2)24-14-18-15-25-18)23-11-8-10-19(20-3)9-6-7-12-26(19,21-4)22-5/h16-18H,6-15H2,1-5H3. The molecule has 0 bridgehead atoms. The second-order valence-electron chi connectivity index (χ2n) is 7.69. The van der Waals surface area contributed by atoms with Crippen molar-refractivity contribution < 1.29 is 27.8 Å². The molecule has 0 saturated carbocycles. The zero-order valence-corrected chi connectivity index (χ0v) is 18.3. The Morgan fingerprint density at radius 3 is 2.38 bits per heavy atom. The largest absolute Gasteiger partial charge is 0.396 e. The summed E-state index contributed by atoms with van der Waals surface area (Å²) in [5.41, 5.74) is 0. The molecule has 6 nitrogen and oxygen atoms in total. The molecule has 2 fully saturated rings. The summed E-state index contributed by atoms with van der Waals surface area (Å²) in [5, 5.41) is -0.262. The first-order chi connectivity index (χ1) is 12.5. The van der Waals surface area contributed by atoms with Crippen LogP contribution in [0.4, 0.5) is 0 Å². The van der Waals surface area contributed by atoms with Gasteiger partial charge in [0, 0.05) is 27.9 Å². The molecule has 2 saturated heterocycles. The van der Waals surface area contributed by atoms with Gasteiger partial charge in [0.15, 0.2) is 0 Å². The molecule has 0 radical (unpaired) electrons. The van der Waals surface area contributed by atoms with Gasteiger partial charge in [0.05, 0.1) is 25.4 Å². The molecular formula is C19H38O6Si. The Labute approximate surface area is 160 Å². The Hall–Kier alpha value is -0.0231. The second-order valence-corrected chi connectivity index (χ2v) is 11.4. The zero-order chi connectivity index (χ0) is 19.0. The first kappa shape index (κ1) is 22.3. The molecule has 2 heterocycles. The van der Waals surface area contributed by atoms with Crippen LogP contribution >= 0.6 is 0 Å². The molecule has 2 aliphatic heterocycles. The van der Waals surface area contributed by atoms with Crippen LogP contribution in [0, 0.1) is 0 Å². The van der Waals surface area contributed by atoms with Crippen molar-refractivity contribution in [1.82, 2.24) is 0 Å². The van der Waals surface area contributed by atoms with Gasteiger partial charge in [-0.05, 0) is 45.6 Å². The van der Waals surface area contributed by atoms with E-state index in [9.17, 15) is 0 Å². The third-order valence-corrected chi connectivity index (χ3v) is 10.3. The van der Waals surface area contributed by atoms with Crippen LogP contribution < -0.4 is 0 Å². The van der Waals surface area contributed by atoms with Crippen LogP contribution in [-0.2, 0) is 27.8 Å². The average Bonchev–Trinajstić information content (AvgIpc) is 3.48. The van der Waals surface area contributed by atoms with Crippen LogP contribution in [0.3, 0.4) is 0 Å². The van der Waals surface area contributed by atoms with Gasteiger partial charge in [-0.1, -0.05) is 12.8 Å². The van der Waals surface area contributed by atoms with E-state index in [1.165, 1.54) is 6.42 Å². The first-order valence-electron chi connectivity index (χ1n) is 10.0. The summed E-state index contributed by atoms with van der Waals surface area (Å²) >= 11 is 0. The molecule has 0 spiro atoms. The van der Waals surface area contributed by atoms with Crippen LogP contribution in [0.1, 0.15) is 52.4 Å². The molecule has 4 atom stereocenters. The van der Waals surface area contributed by atoms with Gasteiger partial charge in [-0.3, -0.25) is 0 Å². The smallest absolute Gasteiger partial charge is 0.370 e. The van der Waals surface area contributed by atoms with Crippen LogP contribution in [0.2, 0.25) is 6.04 Å². The van der Waals surface area contributed by atoms with Crippen LogP contribution in [0.15, 0.2) is 0 Å². The van der Waals surface area contributed by atoms with E-state index in [2.05, 4.69) is 13.8 Å². The highest BCUT2D eigenvalue weighted by Gasteiger charge is 2.58. The molecule has 0 N–H and O–H groups in total. The van der Waals surface area contributed by atoms with E-state index in [-0.39, 0.29) is 17.4 Å². The average molecular weight is 391 g/mol. The van der Waals surface area contributed by atoms with Gasteiger partial charge in [0.1, 0.15) is 11.3 Å². The van der Waals surface area contributed by atoms with Crippen molar-refractivity contribution >= 4 is 8.56 Å². The van der Waals surface area contributed by atoms with Crippen molar-refractivity contribution in [3.05, 3.63) is 0 Å². The number of epoxide rings is 1. The van der Waals surface area contributed by atoms with Gasteiger partial charge < -0.3 is 27.8 Å². The Balaban J connectivity index is 1.72. The maximum Gasteiger partial charge on any atom is 0.370 e. The van der Waals surface area contributed by atoms with E-state index < -0.39 is 8.56 Å². The molecule has 0 aromatic carbocycles. The van der Waals surface area contributed by atoms with Crippen molar-refractivity contribution in [2.24, 2.45) is 0 Å². The lowest BCUT2D eigenvalue weighted by atomic mass is 10.1. The van der Waals surface area contributed by atoms with E-state index in [4.69, 9.17) is 27.8 Å². The van der Waals surface area contributed by atoms with Crippen molar-refractivity contribution in [2.45, 2.75) is 82.0 Å². The fourth-order valence-corrected chi connectivity index (χ4v) is 8.12. The molecule has 0 aromatic rings. The normalized spacial score (nSPS) is 30.1. The lowest BCUT2D eigenvalue weighted by molar-refractivity contribution is -0.0315. The summed E-state index contributed by atoms with van der Waals surface area (Å²) < 4.78 is 34.9. The first-order valence-corrected chi connectivity index (χ1v) is 12.0. The fraction of sp³-hybridized carbons (Fsp3) is 1.00. The number of rotatable bonds is 13. The van der Waals surface area contributed by atoms with E-state index in [1.807, 2.05) is 0 Å². The summed E-state index contributed by atoms with van der Waals surface area (Å²) in [6.45, 7) is 6.48. The molecule has 2 rings (SSSR count). The molecule has 0 aliphatic carbocycles. The highest BCUT2D eigenvalue weighted by Crippen LogP contribution is 2.42. The minimum atomic E-state index is -2.34. The molecule has 4 unspecified atom stereocenters. The van der Waals surface area contributed by atoms with Gasteiger partial charge in [-0.2, -0.15) is 0 Å². The van der Waals surface area contributed by atoms with Gasteiger partial charge >= 0.3 is 8.56 Å². The molecule has 0 amide bonds. The van der Waals surface area contributed by atoms with Gasteiger partial charge in [-0.15, -0.1) is 0 Å². The zero-order valence-electron chi connectivity index (χ0n) is 17.3. The number of hydrogen-bond donors (Lipinski definition) is 0. The van der Waals surface area contributed by atoms with Crippen molar-refractivity contribution in [3.8, 4) is 0 Å². The molecule has 154 valence electrons. The number of methoxy groups -OCH3 is 1. The number of ether oxygens (including phenoxy) is 4. The molecule has 0 aromatic heterocycles. The quantitative estimate of drug-likeness (QED) is 0.273. The third kappa shape index (κ3) is 5.74. The monoisotopic (exact) mass is 390 g/mol. The highest BCUT2D eigenvalue weighted by molar-refractivity contribution is 6.70. The van der Waals surface area contributed by atoms with E-state index in [0.29, 0.717) is 12.7 Å². The summed E-state index contributed by atoms with van der Waals surface area (Å²) in [6.07, 6.45) is 6.82. The summed E-state index contributed by atoms with van der Waals surface area (Å²) in [4.78, 5) is 0. The minimum absolute atomic E-state index is 0.182. The van der Waals surface area contributed by atoms with E-state index in [0.717, 1.165) is 51.4 Å². The maximum absolute atomic E-state index is 6.03. The SMILES string of the molecule is COC1(CCCOC(C)CC(C)OCC2CO2)CCCC[Si]1(OC)OC. The van der Waals surface area contributed by atoms with E-state index in [1.54, 1.807) is 21.3 Å². The number of hydrogen-bond acceptors (Lipinski definition) is 6. The summed E-state index contributed by atoms with van der Waals surface area (Å²) in [5.74, 6) is 0. The molecule has 7 heteroatoms. The lowest BCUT2D eigenvalue weighted by Gasteiger charge is -2.48. The highest BCUT2D eigenvalue weighted by atomic mass is 28.4. The topological polar surface area (TPSA) is 58.7 Å². The van der Waals surface area contributed by atoms with Gasteiger partial charge in [0.25, 0.3) is 0 Å². The lowest BCUT2D eigenvalue weighted by Crippen LogP contribution is -2.64. The summed E-state index contributed by atoms with van der Waals surface area (Å²) in [7, 11) is 3.02. The maximum atomic E-state index is 6.03. The van der Waals surface area contributed by atoms with Crippen LogP contribution in [0.5, 0.6) is 0 Å². The Morgan fingerprint density at radius 2 is 1.77 bits per heavy atom. The Kier molecular flexibility index (Phi) is 8.99. The molecule has 2 aliphatic rings. The van der Waals surface area contributed by atoms with Gasteiger partial charge in [0.2, 0.25) is 0 Å². The summed E-state index contributed by atoms with van der Waals surface area (Å²) in [6, 6.07) is 1.00. The van der Waals surface area contributed by atoms with Crippen molar-refractivity contribution in [1.29, 1.82) is 0 Å². The van der Waals surface area contributed by atoms with Crippen LogP contribution in [0.25, 0.3) is 0 Å².